The fraction of sp³-hybridized carbons (Fsp3) is 0.650. The van der Waals surface area contributed by atoms with Crippen molar-refractivity contribution in [1.82, 2.24) is 10.2 Å². The molecule has 2 rings (SSSR count). The molecule has 0 radical (unpaired) electrons. The van der Waals surface area contributed by atoms with Crippen LogP contribution in [0.5, 0.6) is 0 Å². The smallest absolute Gasteiger partial charge is 0.194 e. The lowest BCUT2D eigenvalue weighted by Crippen LogP contribution is -2.40. The Labute approximate surface area is 157 Å². The molecule has 1 fully saturated rings. The number of rotatable bonds is 11. The quantitative estimate of drug-likeness (QED) is 0.371. The zero-order valence-electron chi connectivity index (χ0n) is 16.2. The van der Waals surface area contributed by atoms with Crippen LogP contribution in [-0.2, 0) is 20.8 Å². The van der Waals surface area contributed by atoms with Crippen LogP contribution in [0, 0.1) is 5.92 Å². The van der Waals surface area contributed by atoms with Crippen LogP contribution >= 0.6 is 0 Å². The standard InChI is InChI=1S/C20H33N3O3/c1-3-21-20(22-10-12-25-16-18-7-5-4-6-8-18)23-11-9-19(15-23)17-26-14-13-24-2/h4-8,19H,3,9-17H2,1-2H3,(H,21,22). The Morgan fingerprint density at radius 1 is 1.19 bits per heavy atom. The average Bonchev–Trinajstić information content (AvgIpc) is 3.14. The topological polar surface area (TPSA) is 55.3 Å². The van der Waals surface area contributed by atoms with Crippen molar-refractivity contribution in [2.75, 3.05) is 59.7 Å². The van der Waals surface area contributed by atoms with Gasteiger partial charge in [-0.2, -0.15) is 0 Å². The van der Waals surface area contributed by atoms with Gasteiger partial charge >= 0.3 is 0 Å². The number of nitrogens with zero attached hydrogens (tertiary/aromatic N) is 2. The van der Waals surface area contributed by atoms with Crippen molar-refractivity contribution in [3.63, 3.8) is 0 Å². The first kappa shape index (κ1) is 20.7. The summed E-state index contributed by atoms with van der Waals surface area (Å²) in [6.07, 6.45) is 1.14. The van der Waals surface area contributed by atoms with Gasteiger partial charge in [-0.3, -0.25) is 4.99 Å². The molecule has 1 saturated heterocycles. The molecule has 0 aromatic heterocycles. The van der Waals surface area contributed by atoms with Gasteiger partial charge in [-0.15, -0.1) is 0 Å². The molecule has 1 unspecified atom stereocenters. The van der Waals surface area contributed by atoms with E-state index in [2.05, 4.69) is 29.3 Å². The summed E-state index contributed by atoms with van der Waals surface area (Å²) in [5.74, 6) is 1.54. The van der Waals surface area contributed by atoms with Crippen molar-refractivity contribution in [3.8, 4) is 0 Å². The van der Waals surface area contributed by atoms with Gasteiger partial charge in [0.05, 0.1) is 39.6 Å². The van der Waals surface area contributed by atoms with Crippen LogP contribution in [0.1, 0.15) is 18.9 Å². The summed E-state index contributed by atoms with van der Waals surface area (Å²) in [6.45, 7) is 9.03. The van der Waals surface area contributed by atoms with Gasteiger partial charge in [0.25, 0.3) is 0 Å². The van der Waals surface area contributed by atoms with Crippen LogP contribution in [0.4, 0.5) is 0 Å². The molecule has 0 spiro atoms. The molecule has 1 heterocycles. The highest BCUT2D eigenvalue weighted by atomic mass is 16.5. The van der Waals surface area contributed by atoms with E-state index in [0.717, 1.165) is 38.6 Å². The van der Waals surface area contributed by atoms with E-state index in [1.54, 1.807) is 7.11 Å². The number of hydrogen-bond acceptors (Lipinski definition) is 4. The van der Waals surface area contributed by atoms with E-state index < -0.39 is 0 Å². The van der Waals surface area contributed by atoms with Gasteiger partial charge < -0.3 is 24.4 Å². The van der Waals surface area contributed by atoms with E-state index >= 15 is 0 Å². The lowest BCUT2D eigenvalue weighted by Gasteiger charge is -2.21. The molecule has 1 atom stereocenters. The lowest BCUT2D eigenvalue weighted by atomic mass is 10.1. The van der Waals surface area contributed by atoms with E-state index in [9.17, 15) is 0 Å². The highest BCUT2D eigenvalue weighted by Crippen LogP contribution is 2.16. The highest BCUT2D eigenvalue weighted by molar-refractivity contribution is 5.80. The molecule has 1 aliphatic heterocycles. The number of guanidine groups is 1. The largest absolute Gasteiger partial charge is 0.382 e. The van der Waals surface area contributed by atoms with Crippen LogP contribution in [0.15, 0.2) is 35.3 Å². The Bertz CT molecular complexity index is 510. The fourth-order valence-corrected chi connectivity index (χ4v) is 2.96. The van der Waals surface area contributed by atoms with Gasteiger partial charge in [-0.25, -0.2) is 0 Å². The number of methoxy groups -OCH3 is 1. The Balaban J connectivity index is 1.69. The number of likely N-dealkylation sites (tertiary alicyclic amines) is 1. The van der Waals surface area contributed by atoms with Crippen LogP contribution in [-0.4, -0.2) is 70.6 Å². The zero-order valence-corrected chi connectivity index (χ0v) is 16.2. The number of aliphatic imine (C=N–C) groups is 1. The summed E-state index contributed by atoms with van der Waals surface area (Å²) in [5, 5.41) is 3.39. The van der Waals surface area contributed by atoms with Crippen molar-refractivity contribution >= 4 is 5.96 Å². The van der Waals surface area contributed by atoms with Crippen LogP contribution in [0.3, 0.4) is 0 Å². The molecule has 146 valence electrons. The molecule has 0 amide bonds. The third-order valence-electron chi connectivity index (χ3n) is 4.31. The number of ether oxygens (including phenoxy) is 3. The highest BCUT2D eigenvalue weighted by Gasteiger charge is 2.24. The summed E-state index contributed by atoms with van der Waals surface area (Å²) in [6, 6.07) is 10.2. The lowest BCUT2D eigenvalue weighted by molar-refractivity contribution is 0.0536. The van der Waals surface area contributed by atoms with E-state index in [-0.39, 0.29) is 0 Å². The first-order valence-electron chi connectivity index (χ1n) is 9.55. The maximum absolute atomic E-state index is 5.72. The number of hydrogen-bond donors (Lipinski definition) is 1. The summed E-state index contributed by atoms with van der Waals surface area (Å²) in [4.78, 5) is 7.04. The molecule has 1 N–H and O–H groups in total. The van der Waals surface area contributed by atoms with Gasteiger partial charge in [0, 0.05) is 32.7 Å². The Kier molecular flexibility index (Phi) is 10.1. The van der Waals surface area contributed by atoms with E-state index in [0.29, 0.717) is 38.9 Å². The van der Waals surface area contributed by atoms with Gasteiger partial charge in [0.1, 0.15) is 0 Å². The molecule has 0 aliphatic carbocycles. The van der Waals surface area contributed by atoms with E-state index in [1.807, 2.05) is 18.2 Å². The molecule has 0 saturated carbocycles. The fourth-order valence-electron chi connectivity index (χ4n) is 2.96. The Morgan fingerprint density at radius 3 is 2.81 bits per heavy atom. The second-order valence-corrected chi connectivity index (χ2v) is 6.44. The normalized spacial score (nSPS) is 17.7. The Morgan fingerprint density at radius 2 is 2.04 bits per heavy atom. The monoisotopic (exact) mass is 363 g/mol. The summed E-state index contributed by atoms with van der Waals surface area (Å²) >= 11 is 0. The maximum atomic E-state index is 5.72. The van der Waals surface area contributed by atoms with E-state index in [4.69, 9.17) is 19.2 Å². The SMILES string of the molecule is CCNC(=NCCOCc1ccccc1)N1CCC(COCCOC)C1. The second kappa shape index (κ2) is 12.7. The predicted octanol–water partition coefficient (Wildman–Crippen LogP) is 2.15. The molecule has 0 bridgehead atoms. The number of nitrogens with one attached hydrogen (secondary N) is 1. The molecular formula is C20H33N3O3. The van der Waals surface area contributed by atoms with Crippen molar-refractivity contribution in [2.45, 2.75) is 20.0 Å². The van der Waals surface area contributed by atoms with Gasteiger partial charge in [-0.05, 0) is 18.9 Å². The molecule has 1 aliphatic rings. The van der Waals surface area contributed by atoms with Crippen molar-refractivity contribution in [2.24, 2.45) is 10.9 Å². The molecule has 26 heavy (non-hydrogen) atoms. The summed E-state index contributed by atoms with van der Waals surface area (Å²) < 4.78 is 16.4. The summed E-state index contributed by atoms with van der Waals surface area (Å²) in [7, 11) is 1.70. The first-order chi connectivity index (χ1) is 12.8. The van der Waals surface area contributed by atoms with Crippen LogP contribution < -0.4 is 5.32 Å². The molecule has 6 heteroatoms. The third-order valence-corrected chi connectivity index (χ3v) is 4.31. The minimum atomic E-state index is 0.560. The van der Waals surface area contributed by atoms with Crippen LogP contribution in [0.2, 0.25) is 0 Å². The first-order valence-corrected chi connectivity index (χ1v) is 9.55. The predicted molar refractivity (Wildman–Crippen MR) is 104 cm³/mol. The van der Waals surface area contributed by atoms with Crippen LogP contribution in [0.25, 0.3) is 0 Å². The molecule has 6 nitrogen and oxygen atoms in total. The van der Waals surface area contributed by atoms with E-state index in [1.165, 1.54) is 5.56 Å². The van der Waals surface area contributed by atoms with Gasteiger partial charge in [-0.1, -0.05) is 30.3 Å². The van der Waals surface area contributed by atoms with Crippen molar-refractivity contribution < 1.29 is 14.2 Å². The maximum Gasteiger partial charge on any atom is 0.194 e. The second-order valence-electron chi connectivity index (χ2n) is 6.44. The average molecular weight is 364 g/mol. The minimum absolute atomic E-state index is 0.560. The zero-order chi connectivity index (χ0) is 18.5. The minimum Gasteiger partial charge on any atom is -0.382 e. The molecule has 1 aromatic rings. The Hall–Kier alpha value is -1.63. The number of benzene rings is 1. The molecule has 1 aromatic carbocycles. The third kappa shape index (κ3) is 7.72. The van der Waals surface area contributed by atoms with Gasteiger partial charge in [0.2, 0.25) is 0 Å². The summed E-state index contributed by atoms with van der Waals surface area (Å²) in [5.41, 5.74) is 1.19. The molecular weight excluding hydrogens is 330 g/mol. The van der Waals surface area contributed by atoms with Crippen molar-refractivity contribution in [1.29, 1.82) is 0 Å². The van der Waals surface area contributed by atoms with Gasteiger partial charge in [0.15, 0.2) is 5.96 Å². The van der Waals surface area contributed by atoms with Crippen molar-refractivity contribution in [3.05, 3.63) is 35.9 Å².